The van der Waals surface area contributed by atoms with E-state index < -0.39 is 16.0 Å². The Morgan fingerprint density at radius 3 is 2.56 bits per heavy atom. The van der Waals surface area contributed by atoms with E-state index >= 15 is 0 Å². The molecule has 3 heteroatoms. The second kappa shape index (κ2) is 5.39. The maximum atomic E-state index is 12.2. The largest absolute Gasteiger partial charge is 0.298 e. The van der Waals surface area contributed by atoms with Crippen molar-refractivity contribution < 1.29 is 9.00 Å². The summed E-state index contributed by atoms with van der Waals surface area (Å²) in [5, 5.41) is -0.412. The molecule has 0 N–H and O–H groups in total. The lowest BCUT2D eigenvalue weighted by molar-refractivity contribution is -0.118. The highest BCUT2D eigenvalue weighted by molar-refractivity contribution is 7.86. The van der Waals surface area contributed by atoms with Crippen LogP contribution in [0.4, 0.5) is 0 Å². The minimum Gasteiger partial charge on any atom is -0.298 e. The number of Topliss-reactive ketones (excluding diaryl/α,β-unsaturated/α-hetero) is 1. The fourth-order valence-corrected chi connectivity index (χ4v) is 3.00. The Balaban J connectivity index is 3.05. The topological polar surface area (TPSA) is 34.1 Å². The van der Waals surface area contributed by atoms with Crippen LogP contribution in [0.15, 0.2) is 23.1 Å². The first-order chi connectivity index (χ1) is 7.47. The number of carbonyl (C=O) groups excluding carboxylic acids is 1. The van der Waals surface area contributed by atoms with Crippen molar-refractivity contribution in [1.29, 1.82) is 0 Å². The molecule has 0 bridgehead atoms. The summed E-state index contributed by atoms with van der Waals surface area (Å²) in [4.78, 5) is 12.3. The Hall–Kier alpha value is -0.960. The van der Waals surface area contributed by atoms with Crippen molar-refractivity contribution in [3.63, 3.8) is 0 Å². The molecular formula is C13H18O2S. The van der Waals surface area contributed by atoms with Gasteiger partial charge < -0.3 is 0 Å². The van der Waals surface area contributed by atoms with Gasteiger partial charge in [0.15, 0.2) is 0 Å². The minimum atomic E-state index is -1.23. The van der Waals surface area contributed by atoms with Gasteiger partial charge >= 0.3 is 0 Å². The highest BCUT2D eigenvalue weighted by Crippen LogP contribution is 2.18. The smallest absolute Gasteiger partial charge is 0.148 e. The van der Waals surface area contributed by atoms with Crippen molar-refractivity contribution in [3.05, 3.63) is 29.3 Å². The van der Waals surface area contributed by atoms with Crippen LogP contribution in [0.5, 0.6) is 0 Å². The van der Waals surface area contributed by atoms with Crippen LogP contribution < -0.4 is 0 Å². The van der Waals surface area contributed by atoms with Crippen LogP contribution in [0.1, 0.15) is 31.4 Å². The van der Waals surface area contributed by atoms with Gasteiger partial charge in [-0.15, -0.1) is 0 Å². The van der Waals surface area contributed by atoms with Gasteiger partial charge in [-0.1, -0.05) is 19.1 Å². The third-order valence-electron chi connectivity index (χ3n) is 2.68. The third-order valence-corrected chi connectivity index (χ3v) is 4.46. The molecule has 1 aromatic rings. The lowest BCUT2D eigenvalue weighted by Gasteiger charge is -2.12. The zero-order valence-electron chi connectivity index (χ0n) is 10.2. The molecule has 0 amide bonds. The van der Waals surface area contributed by atoms with Crippen molar-refractivity contribution in [2.45, 2.75) is 44.3 Å². The van der Waals surface area contributed by atoms with Gasteiger partial charge in [-0.25, -0.2) is 0 Å². The van der Waals surface area contributed by atoms with Crippen molar-refractivity contribution in [1.82, 2.24) is 0 Å². The van der Waals surface area contributed by atoms with E-state index in [1.807, 2.05) is 32.0 Å². The highest BCUT2D eigenvalue weighted by Gasteiger charge is 2.20. The van der Waals surface area contributed by atoms with Crippen LogP contribution in [-0.4, -0.2) is 15.2 Å². The standard InChI is InChI=1S/C13H18O2S/c1-5-12(14)11(4)16(15)13-8-9(2)6-7-10(13)3/h6-8,11H,5H2,1-4H3. The van der Waals surface area contributed by atoms with Crippen molar-refractivity contribution in [3.8, 4) is 0 Å². The first-order valence-corrected chi connectivity index (χ1v) is 6.69. The van der Waals surface area contributed by atoms with E-state index in [0.29, 0.717) is 6.42 Å². The van der Waals surface area contributed by atoms with Crippen molar-refractivity contribution >= 4 is 16.6 Å². The summed E-state index contributed by atoms with van der Waals surface area (Å²) in [6.45, 7) is 7.44. The molecule has 2 unspecified atom stereocenters. The second-order valence-electron chi connectivity index (χ2n) is 4.03. The Morgan fingerprint density at radius 1 is 1.38 bits per heavy atom. The van der Waals surface area contributed by atoms with Gasteiger partial charge in [0, 0.05) is 11.3 Å². The van der Waals surface area contributed by atoms with Crippen LogP contribution in [0.2, 0.25) is 0 Å². The summed E-state index contributed by atoms with van der Waals surface area (Å²) in [7, 11) is -1.23. The van der Waals surface area contributed by atoms with Crippen LogP contribution in [-0.2, 0) is 15.6 Å². The molecule has 2 atom stereocenters. The Kier molecular flexibility index (Phi) is 4.42. The van der Waals surface area contributed by atoms with Gasteiger partial charge in [0.1, 0.15) is 5.78 Å². The van der Waals surface area contributed by atoms with E-state index in [0.717, 1.165) is 16.0 Å². The van der Waals surface area contributed by atoms with Gasteiger partial charge in [-0.05, 0) is 38.0 Å². The van der Waals surface area contributed by atoms with Gasteiger partial charge in [0.25, 0.3) is 0 Å². The number of hydrogen-bond acceptors (Lipinski definition) is 2. The normalized spacial score (nSPS) is 14.5. The second-order valence-corrected chi connectivity index (χ2v) is 5.77. The molecule has 1 rings (SSSR count). The van der Waals surface area contributed by atoms with Crippen molar-refractivity contribution in [2.24, 2.45) is 0 Å². The van der Waals surface area contributed by atoms with E-state index in [2.05, 4.69) is 0 Å². The fourth-order valence-electron chi connectivity index (χ4n) is 1.52. The predicted octanol–water partition coefficient (Wildman–Crippen LogP) is 2.78. The summed E-state index contributed by atoms with van der Waals surface area (Å²) >= 11 is 0. The van der Waals surface area contributed by atoms with Crippen LogP contribution in [0.3, 0.4) is 0 Å². The summed E-state index contributed by atoms with van der Waals surface area (Å²) in [6.07, 6.45) is 0.442. The maximum absolute atomic E-state index is 12.2. The average molecular weight is 238 g/mol. The molecule has 0 spiro atoms. The number of carbonyl (C=O) groups is 1. The Labute approximate surface area is 99.5 Å². The maximum Gasteiger partial charge on any atom is 0.148 e. The predicted molar refractivity (Wildman–Crippen MR) is 67.1 cm³/mol. The molecule has 0 aliphatic rings. The zero-order chi connectivity index (χ0) is 12.3. The van der Waals surface area contributed by atoms with E-state index in [1.165, 1.54) is 0 Å². The minimum absolute atomic E-state index is 0.0549. The van der Waals surface area contributed by atoms with E-state index in [9.17, 15) is 9.00 Å². The quantitative estimate of drug-likeness (QED) is 0.808. The van der Waals surface area contributed by atoms with Gasteiger partial charge in [0.05, 0.1) is 16.0 Å². The highest BCUT2D eigenvalue weighted by atomic mass is 32.2. The van der Waals surface area contributed by atoms with E-state index in [1.54, 1.807) is 13.8 Å². The molecule has 88 valence electrons. The van der Waals surface area contributed by atoms with Crippen LogP contribution in [0.25, 0.3) is 0 Å². The molecule has 2 nitrogen and oxygen atoms in total. The van der Waals surface area contributed by atoms with Crippen molar-refractivity contribution in [2.75, 3.05) is 0 Å². The Bertz CT molecular complexity index is 424. The number of aryl methyl sites for hydroxylation is 2. The average Bonchev–Trinajstić information content (AvgIpc) is 2.29. The number of hydrogen-bond donors (Lipinski definition) is 0. The first kappa shape index (κ1) is 13.1. The Morgan fingerprint density at radius 2 is 2.00 bits per heavy atom. The molecule has 16 heavy (non-hydrogen) atoms. The number of benzene rings is 1. The monoisotopic (exact) mass is 238 g/mol. The number of ketones is 1. The fraction of sp³-hybridized carbons (Fsp3) is 0.462. The van der Waals surface area contributed by atoms with Gasteiger partial charge in [-0.2, -0.15) is 0 Å². The van der Waals surface area contributed by atoms with E-state index in [-0.39, 0.29) is 5.78 Å². The molecule has 0 heterocycles. The molecule has 0 aromatic heterocycles. The molecule has 0 aliphatic carbocycles. The third kappa shape index (κ3) is 2.79. The summed E-state index contributed by atoms with van der Waals surface area (Å²) in [5.41, 5.74) is 2.06. The summed E-state index contributed by atoms with van der Waals surface area (Å²) in [5.74, 6) is 0.0549. The summed E-state index contributed by atoms with van der Waals surface area (Å²) < 4.78 is 12.2. The summed E-state index contributed by atoms with van der Waals surface area (Å²) in [6, 6.07) is 5.85. The van der Waals surface area contributed by atoms with Crippen LogP contribution in [0, 0.1) is 13.8 Å². The van der Waals surface area contributed by atoms with Crippen LogP contribution >= 0.6 is 0 Å². The molecule has 0 saturated heterocycles. The van der Waals surface area contributed by atoms with E-state index in [4.69, 9.17) is 0 Å². The lowest BCUT2D eigenvalue weighted by atomic mass is 10.2. The SMILES string of the molecule is CCC(=O)C(C)S(=O)c1cc(C)ccc1C. The zero-order valence-corrected chi connectivity index (χ0v) is 11.1. The molecule has 0 radical (unpaired) electrons. The number of rotatable bonds is 4. The lowest BCUT2D eigenvalue weighted by Crippen LogP contribution is -2.22. The molecule has 0 fully saturated rings. The molecule has 1 aromatic carbocycles. The van der Waals surface area contributed by atoms with Gasteiger partial charge in [-0.3, -0.25) is 9.00 Å². The molecule has 0 saturated carbocycles. The van der Waals surface area contributed by atoms with Gasteiger partial charge in [0.2, 0.25) is 0 Å². The molecule has 0 aliphatic heterocycles. The first-order valence-electron chi connectivity index (χ1n) is 5.48. The molecular weight excluding hydrogens is 220 g/mol.